The van der Waals surface area contributed by atoms with Gasteiger partial charge in [0.2, 0.25) is 5.91 Å². The summed E-state index contributed by atoms with van der Waals surface area (Å²) in [5.41, 5.74) is 5.71. The van der Waals surface area contributed by atoms with Crippen molar-refractivity contribution in [2.24, 2.45) is 0 Å². The number of carbonyl (C=O) groups is 3. The third-order valence-corrected chi connectivity index (χ3v) is 8.91. The molecule has 2 atom stereocenters. The van der Waals surface area contributed by atoms with Crippen LogP contribution in [-0.2, 0) is 9.59 Å². The highest BCUT2D eigenvalue weighted by Crippen LogP contribution is 2.52. The predicted octanol–water partition coefficient (Wildman–Crippen LogP) is 6.69. The maximum absolute atomic E-state index is 13.3. The van der Waals surface area contributed by atoms with Gasteiger partial charge in [-0.15, -0.1) is 0 Å². The average Bonchev–Trinajstić information content (AvgIpc) is 3.04. The van der Waals surface area contributed by atoms with Crippen molar-refractivity contribution in [2.75, 3.05) is 44.0 Å². The SMILES string of the molecule is CC(=O)N1c2ccc(NC(=O)c3ccc(-c4ccccc4)cc3)cc2C(C)C(c2ccc(OCC(=O)NCCN(C)C)cc2)C1(C)C. The maximum atomic E-state index is 13.3. The molecule has 0 aromatic heterocycles. The molecule has 5 rings (SSSR count). The predicted molar refractivity (Wildman–Crippen MR) is 188 cm³/mol. The topological polar surface area (TPSA) is 91.0 Å². The Balaban J connectivity index is 1.34. The molecule has 2 N–H and O–H groups in total. The molecule has 1 aliphatic rings. The molecule has 0 radical (unpaired) electrons. The van der Waals surface area contributed by atoms with E-state index in [4.69, 9.17) is 4.74 Å². The summed E-state index contributed by atoms with van der Waals surface area (Å²) in [6.07, 6.45) is 0. The minimum absolute atomic E-state index is 0.0202. The zero-order valence-electron chi connectivity index (χ0n) is 28.0. The van der Waals surface area contributed by atoms with Crippen molar-refractivity contribution in [2.45, 2.75) is 45.1 Å². The quantitative estimate of drug-likeness (QED) is 0.203. The number of nitrogens with one attached hydrogen (secondary N) is 2. The number of hydrogen-bond donors (Lipinski definition) is 2. The Morgan fingerprint density at radius 1 is 0.872 bits per heavy atom. The van der Waals surface area contributed by atoms with E-state index in [2.05, 4.69) is 31.4 Å². The fourth-order valence-corrected chi connectivity index (χ4v) is 6.75. The normalized spacial score (nSPS) is 16.7. The van der Waals surface area contributed by atoms with Crippen molar-refractivity contribution in [3.63, 3.8) is 0 Å². The second-order valence-corrected chi connectivity index (χ2v) is 13.0. The van der Waals surface area contributed by atoms with Crippen molar-refractivity contribution < 1.29 is 19.1 Å². The van der Waals surface area contributed by atoms with Crippen LogP contribution in [-0.4, -0.2) is 62.0 Å². The number of fused-ring (bicyclic) bond motifs is 1. The minimum Gasteiger partial charge on any atom is -0.484 e. The lowest BCUT2D eigenvalue weighted by Gasteiger charge is -2.51. The standard InChI is InChI=1S/C39H44N4O4/c1-26-34-24-32(41-38(46)31-14-12-29(13-15-31)28-10-8-7-9-11-28)18-21-35(34)43(27(2)44)39(3,4)37(26)30-16-19-33(20-17-30)47-25-36(45)40-22-23-42(5)6/h7-21,24,26,37H,22-23,25H2,1-6H3,(H,40,45)(H,41,46). The van der Waals surface area contributed by atoms with Crippen molar-refractivity contribution in [1.29, 1.82) is 0 Å². The lowest BCUT2D eigenvalue weighted by Crippen LogP contribution is -2.55. The molecule has 3 amide bonds. The Hall–Kier alpha value is -4.95. The first-order valence-electron chi connectivity index (χ1n) is 16.0. The number of hydrogen-bond acceptors (Lipinski definition) is 5. The molecule has 8 nitrogen and oxygen atoms in total. The van der Waals surface area contributed by atoms with Gasteiger partial charge < -0.3 is 25.2 Å². The molecule has 0 aliphatic carbocycles. The molecular formula is C39H44N4O4. The molecule has 8 heteroatoms. The summed E-state index contributed by atoms with van der Waals surface area (Å²) in [5, 5.41) is 5.92. The van der Waals surface area contributed by atoms with E-state index in [-0.39, 0.29) is 36.2 Å². The van der Waals surface area contributed by atoms with Gasteiger partial charge in [0.1, 0.15) is 5.75 Å². The van der Waals surface area contributed by atoms with Crippen LogP contribution in [0.3, 0.4) is 0 Å². The molecule has 244 valence electrons. The number of likely N-dealkylation sites (N-methyl/N-ethyl adjacent to an activating group) is 1. The van der Waals surface area contributed by atoms with Gasteiger partial charge >= 0.3 is 0 Å². The summed E-state index contributed by atoms with van der Waals surface area (Å²) >= 11 is 0. The van der Waals surface area contributed by atoms with Gasteiger partial charge in [0.05, 0.1) is 0 Å². The van der Waals surface area contributed by atoms with Gasteiger partial charge in [-0.2, -0.15) is 0 Å². The highest BCUT2D eigenvalue weighted by molar-refractivity contribution is 6.05. The van der Waals surface area contributed by atoms with E-state index in [0.29, 0.717) is 23.5 Å². The number of rotatable bonds is 10. The Bertz CT molecular complexity index is 1720. The van der Waals surface area contributed by atoms with Crippen molar-refractivity contribution in [1.82, 2.24) is 10.2 Å². The van der Waals surface area contributed by atoms with E-state index in [1.54, 1.807) is 6.92 Å². The first kappa shape index (κ1) is 33.4. The number of carbonyl (C=O) groups excluding carboxylic acids is 3. The van der Waals surface area contributed by atoms with E-state index >= 15 is 0 Å². The zero-order chi connectivity index (χ0) is 33.7. The Morgan fingerprint density at radius 2 is 1.53 bits per heavy atom. The monoisotopic (exact) mass is 632 g/mol. The second kappa shape index (κ2) is 14.2. The molecule has 0 saturated heterocycles. The van der Waals surface area contributed by atoms with Crippen LogP contribution >= 0.6 is 0 Å². The maximum Gasteiger partial charge on any atom is 0.257 e. The number of amides is 3. The first-order chi connectivity index (χ1) is 22.5. The minimum atomic E-state index is -0.543. The van der Waals surface area contributed by atoms with Crippen LogP contribution in [0.2, 0.25) is 0 Å². The van der Waals surface area contributed by atoms with Gasteiger partial charge in [-0.05, 0) is 98.6 Å². The molecule has 0 saturated carbocycles. The van der Waals surface area contributed by atoms with Crippen molar-refractivity contribution >= 4 is 29.1 Å². The summed E-state index contributed by atoms with van der Waals surface area (Å²) in [7, 11) is 3.91. The second-order valence-electron chi connectivity index (χ2n) is 13.0. The lowest BCUT2D eigenvalue weighted by atomic mass is 9.67. The molecule has 1 heterocycles. The number of benzene rings is 4. The molecule has 0 bridgehead atoms. The van der Waals surface area contributed by atoms with E-state index in [1.807, 2.05) is 121 Å². The summed E-state index contributed by atoms with van der Waals surface area (Å²) in [5.74, 6) is 0.145. The number of anilines is 2. The van der Waals surface area contributed by atoms with Crippen LogP contribution < -0.4 is 20.3 Å². The third kappa shape index (κ3) is 7.55. The Kier molecular flexibility index (Phi) is 10.1. The molecule has 4 aromatic carbocycles. The fraction of sp³-hybridized carbons (Fsp3) is 0.308. The average molecular weight is 633 g/mol. The molecular weight excluding hydrogens is 588 g/mol. The molecule has 4 aromatic rings. The van der Waals surface area contributed by atoms with Crippen LogP contribution in [0.5, 0.6) is 5.75 Å². The summed E-state index contributed by atoms with van der Waals surface area (Å²) in [6, 6.07) is 31.2. The van der Waals surface area contributed by atoms with E-state index in [0.717, 1.165) is 34.5 Å². The van der Waals surface area contributed by atoms with Crippen LogP contribution in [0.1, 0.15) is 61.0 Å². The van der Waals surface area contributed by atoms with Crippen LogP contribution in [0.4, 0.5) is 11.4 Å². The Labute approximate surface area is 277 Å². The molecule has 2 unspecified atom stereocenters. The lowest BCUT2D eigenvalue weighted by molar-refractivity contribution is -0.123. The van der Waals surface area contributed by atoms with Crippen molar-refractivity contribution in [3.05, 3.63) is 114 Å². The zero-order valence-corrected chi connectivity index (χ0v) is 28.0. The summed E-state index contributed by atoms with van der Waals surface area (Å²) in [4.78, 5) is 42.5. The van der Waals surface area contributed by atoms with Crippen LogP contribution in [0, 0.1) is 0 Å². The van der Waals surface area contributed by atoms with Crippen LogP contribution in [0.25, 0.3) is 11.1 Å². The van der Waals surface area contributed by atoms with Gasteiger partial charge in [0.25, 0.3) is 11.8 Å². The van der Waals surface area contributed by atoms with Crippen molar-refractivity contribution in [3.8, 4) is 16.9 Å². The number of ether oxygens (including phenoxy) is 1. The smallest absolute Gasteiger partial charge is 0.257 e. The molecule has 0 spiro atoms. The molecule has 1 aliphatic heterocycles. The van der Waals surface area contributed by atoms with E-state index in [9.17, 15) is 14.4 Å². The molecule has 0 fully saturated rings. The van der Waals surface area contributed by atoms with E-state index in [1.165, 1.54) is 0 Å². The van der Waals surface area contributed by atoms with Crippen LogP contribution in [0.15, 0.2) is 97.1 Å². The van der Waals surface area contributed by atoms with Gasteiger partial charge in [-0.1, -0.05) is 61.5 Å². The Morgan fingerprint density at radius 3 is 2.17 bits per heavy atom. The summed E-state index contributed by atoms with van der Waals surface area (Å²) in [6.45, 7) is 9.20. The highest BCUT2D eigenvalue weighted by Gasteiger charge is 2.47. The van der Waals surface area contributed by atoms with Gasteiger partial charge in [0, 0.05) is 48.4 Å². The van der Waals surface area contributed by atoms with Gasteiger partial charge in [-0.3, -0.25) is 14.4 Å². The largest absolute Gasteiger partial charge is 0.484 e. The highest BCUT2D eigenvalue weighted by atomic mass is 16.5. The van der Waals surface area contributed by atoms with Gasteiger partial charge in [-0.25, -0.2) is 0 Å². The fourth-order valence-electron chi connectivity index (χ4n) is 6.75. The van der Waals surface area contributed by atoms with Gasteiger partial charge in [0.15, 0.2) is 6.61 Å². The third-order valence-electron chi connectivity index (χ3n) is 8.91. The molecule has 47 heavy (non-hydrogen) atoms. The van der Waals surface area contributed by atoms with E-state index < -0.39 is 5.54 Å². The number of nitrogens with zero attached hydrogens (tertiary/aromatic N) is 2. The first-order valence-corrected chi connectivity index (χ1v) is 16.0. The summed E-state index contributed by atoms with van der Waals surface area (Å²) < 4.78 is 5.75.